The van der Waals surface area contributed by atoms with Gasteiger partial charge in [0.05, 0.1) is 7.11 Å². The van der Waals surface area contributed by atoms with Crippen molar-refractivity contribution in [2.24, 2.45) is 5.41 Å². The summed E-state index contributed by atoms with van der Waals surface area (Å²) in [5.41, 5.74) is 4.54. The molecular formula is C14H18O2. The zero-order valence-corrected chi connectivity index (χ0v) is 10.4. The molecule has 0 fully saturated rings. The Hall–Kier alpha value is -1.31. The van der Waals surface area contributed by atoms with E-state index in [9.17, 15) is 4.79 Å². The minimum Gasteiger partial charge on any atom is -0.496 e. The third-order valence-electron chi connectivity index (χ3n) is 3.36. The SMILES string of the molecule is COc1c(C)cc(C=O)c2c1CC(C)(C)C2. The van der Waals surface area contributed by atoms with E-state index in [0.29, 0.717) is 0 Å². The first-order valence-corrected chi connectivity index (χ1v) is 5.63. The summed E-state index contributed by atoms with van der Waals surface area (Å²) in [4.78, 5) is 11.1. The summed E-state index contributed by atoms with van der Waals surface area (Å²) in [6.07, 6.45) is 2.92. The summed E-state index contributed by atoms with van der Waals surface area (Å²) >= 11 is 0. The molecule has 2 rings (SSSR count). The molecule has 2 nitrogen and oxygen atoms in total. The van der Waals surface area contributed by atoms with Gasteiger partial charge >= 0.3 is 0 Å². The maximum Gasteiger partial charge on any atom is 0.150 e. The van der Waals surface area contributed by atoms with Gasteiger partial charge in [-0.1, -0.05) is 13.8 Å². The van der Waals surface area contributed by atoms with Gasteiger partial charge in [-0.2, -0.15) is 0 Å². The van der Waals surface area contributed by atoms with Crippen LogP contribution in [0.15, 0.2) is 6.07 Å². The second-order valence-corrected chi connectivity index (χ2v) is 5.41. The number of carbonyl (C=O) groups excluding carboxylic acids is 1. The van der Waals surface area contributed by atoms with E-state index in [-0.39, 0.29) is 5.41 Å². The quantitative estimate of drug-likeness (QED) is 0.713. The molecule has 0 bridgehead atoms. The minimum absolute atomic E-state index is 0.237. The molecule has 0 aromatic heterocycles. The third-order valence-corrected chi connectivity index (χ3v) is 3.36. The van der Waals surface area contributed by atoms with E-state index in [2.05, 4.69) is 13.8 Å². The van der Waals surface area contributed by atoms with Crippen molar-refractivity contribution >= 4 is 6.29 Å². The Kier molecular flexibility index (Phi) is 2.53. The number of hydrogen-bond acceptors (Lipinski definition) is 2. The average molecular weight is 218 g/mol. The number of benzene rings is 1. The van der Waals surface area contributed by atoms with Crippen LogP contribution in [0, 0.1) is 12.3 Å². The van der Waals surface area contributed by atoms with Crippen molar-refractivity contribution in [3.05, 3.63) is 28.3 Å². The number of aryl methyl sites for hydroxylation is 1. The first-order chi connectivity index (χ1) is 7.48. The molecule has 1 aromatic rings. The molecule has 1 aromatic carbocycles. The van der Waals surface area contributed by atoms with Crippen LogP contribution in [-0.2, 0) is 12.8 Å². The molecule has 1 aliphatic rings. The number of ether oxygens (including phenoxy) is 1. The van der Waals surface area contributed by atoms with Gasteiger partial charge < -0.3 is 4.74 Å². The predicted octanol–water partition coefficient (Wildman–Crippen LogP) is 2.94. The standard InChI is InChI=1S/C14H18O2/c1-9-5-10(8-15)11-6-14(2,3)7-12(11)13(9)16-4/h5,8H,6-7H2,1-4H3. The van der Waals surface area contributed by atoms with E-state index in [4.69, 9.17) is 4.74 Å². The number of hydrogen-bond donors (Lipinski definition) is 0. The van der Waals surface area contributed by atoms with Crippen molar-refractivity contribution in [1.29, 1.82) is 0 Å². The Bertz CT molecular complexity index is 445. The fourth-order valence-electron chi connectivity index (χ4n) is 2.74. The third kappa shape index (κ3) is 1.62. The highest BCUT2D eigenvalue weighted by molar-refractivity contribution is 5.80. The molecule has 0 N–H and O–H groups in total. The van der Waals surface area contributed by atoms with Crippen LogP contribution < -0.4 is 4.74 Å². The Morgan fingerprint density at radius 2 is 1.94 bits per heavy atom. The van der Waals surface area contributed by atoms with Gasteiger partial charge in [0.25, 0.3) is 0 Å². The zero-order chi connectivity index (χ0) is 11.9. The lowest BCUT2D eigenvalue weighted by Crippen LogP contribution is -2.10. The molecule has 16 heavy (non-hydrogen) atoms. The maximum atomic E-state index is 11.1. The largest absolute Gasteiger partial charge is 0.496 e. The molecule has 0 heterocycles. The minimum atomic E-state index is 0.237. The summed E-state index contributed by atoms with van der Waals surface area (Å²) in [7, 11) is 1.70. The van der Waals surface area contributed by atoms with Crippen molar-refractivity contribution in [1.82, 2.24) is 0 Å². The smallest absolute Gasteiger partial charge is 0.150 e. The lowest BCUT2D eigenvalue weighted by molar-refractivity contribution is 0.112. The summed E-state index contributed by atoms with van der Waals surface area (Å²) < 4.78 is 5.46. The van der Waals surface area contributed by atoms with Gasteiger partial charge in [-0.25, -0.2) is 0 Å². The van der Waals surface area contributed by atoms with Crippen molar-refractivity contribution in [2.45, 2.75) is 33.6 Å². The molecule has 0 atom stereocenters. The summed E-state index contributed by atoms with van der Waals surface area (Å²) in [5, 5.41) is 0. The molecule has 0 spiro atoms. The lowest BCUT2D eigenvalue weighted by Gasteiger charge is -2.15. The second-order valence-electron chi connectivity index (χ2n) is 5.41. The summed E-state index contributed by atoms with van der Waals surface area (Å²) in [6.45, 7) is 6.46. The first kappa shape index (κ1) is 11.2. The van der Waals surface area contributed by atoms with Gasteiger partial charge in [0.15, 0.2) is 0 Å². The summed E-state index contributed by atoms with van der Waals surface area (Å²) in [6, 6.07) is 1.94. The fraction of sp³-hybridized carbons (Fsp3) is 0.500. The lowest BCUT2D eigenvalue weighted by atomic mass is 9.90. The average Bonchev–Trinajstić information content (AvgIpc) is 2.52. The van der Waals surface area contributed by atoms with Crippen LogP contribution in [0.5, 0.6) is 5.75 Å². The van der Waals surface area contributed by atoms with Gasteiger partial charge in [-0.05, 0) is 47.9 Å². The van der Waals surface area contributed by atoms with Crippen molar-refractivity contribution in [3.63, 3.8) is 0 Å². The van der Waals surface area contributed by atoms with Gasteiger partial charge in [0, 0.05) is 5.56 Å². The van der Waals surface area contributed by atoms with Crippen LogP contribution in [0.25, 0.3) is 0 Å². The van der Waals surface area contributed by atoms with Crippen LogP contribution >= 0.6 is 0 Å². The molecule has 0 saturated heterocycles. The monoisotopic (exact) mass is 218 g/mol. The highest BCUT2D eigenvalue weighted by Gasteiger charge is 2.33. The second kappa shape index (κ2) is 3.62. The Morgan fingerprint density at radius 1 is 1.31 bits per heavy atom. The van der Waals surface area contributed by atoms with E-state index >= 15 is 0 Å². The molecule has 86 valence electrons. The van der Waals surface area contributed by atoms with Crippen LogP contribution in [0.1, 0.15) is 40.9 Å². The first-order valence-electron chi connectivity index (χ1n) is 5.63. The van der Waals surface area contributed by atoms with E-state index in [0.717, 1.165) is 36.0 Å². The van der Waals surface area contributed by atoms with E-state index in [1.165, 1.54) is 11.1 Å². The topological polar surface area (TPSA) is 26.3 Å². The Morgan fingerprint density at radius 3 is 2.50 bits per heavy atom. The van der Waals surface area contributed by atoms with Crippen molar-refractivity contribution in [2.75, 3.05) is 7.11 Å². The number of fused-ring (bicyclic) bond motifs is 1. The van der Waals surface area contributed by atoms with Crippen LogP contribution in [-0.4, -0.2) is 13.4 Å². The Labute approximate surface area is 96.6 Å². The molecule has 0 saturated carbocycles. The fourth-order valence-corrected chi connectivity index (χ4v) is 2.74. The predicted molar refractivity (Wildman–Crippen MR) is 64.3 cm³/mol. The van der Waals surface area contributed by atoms with Crippen molar-refractivity contribution < 1.29 is 9.53 Å². The van der Waals surface area contributed by atoms with Gasteiger partial charge in [-0.15, -0.1) is 0 Å². The van der Waals surface area contributed by atoms with E-state index in [1.54, 1.807) is 7.11 Å². The van der Waals surface area contributed by atoms with Crippen LogP contribution in [0.4, 0.5) is 0 Å². The highest BCUT2D eigenvalue weighted by atomic mass is 16.5. The number of methoxy groups -OCH3 is 1. The molecule has 2 heteroatoms. The Balaban J connectivity index is 2.65. The van der Waals surface area contributed by atoms with Gasteiger partial charge in [0.2, 0.25) is 0 Å². The molecule has 0 radical (unpaired) electrons. The highest BCUT2D eigenvalue weighted by Crippen LogP contribution is 2.43. The van der Waals surface area contributed by atoms with Crippen LogP contribution in [0.2, 0.25) is 0 Å². The molecule has 0 amide bonds. The van der Waals surface area contributed by atoms with E-state index < -0.39 is 0 Å². The normalized spacial score (nSPS) is 17.0. The zero-order valence-electron chi connectivity index (χ0n) is 10.4. The number of rotatable bonds is 2. The van der Waals surface area contributed by atoms with Crippen molar-refractivity contribution in [3.8, 4) is 5.75 Å². The molecule has 0 aliphatic heterocycles. The van der Waals surface area contributed by atoms with Crippen LogP contribution in [0.3, 0.4) is 0 Å². The molecule has 1 aliphatic carbocycles. The summed E-state index contributed by atoms with van der Waals surface area (Å²) in [5.74, 6) is 0.964. The van der Waals surface area contributed by atoms with Gasteiger partial charge in [0.1, 0.15) is 12.0 Å². The number of carbonyl (C=O) groups is 1. The van der Waals surface area contributed by atoms with Gasteiger partial charge in [-0.3, -0.25) is 4.79 Å². The molecule has 0 unspecified atom stereocenters. The number of aldehydes is 1. The molecular weight excluding hydrogens is 200 g/mol. The van der Waals surface area contributed by atoms with E-state index in [1.807, 2.05) is 13.0 Å². The maximum absolute atomic E-state index is 11.1.